The number of rotatable bonds is 4. The van der Waals surface area contributed by atoms with Crippen molar-refractivity contribution >= 4 is 20.9 Å². The van der Waals surface area contributed by atoms with Crippen LogP contribution in [0.15, 0.2) is 29.2 Å². The van der Waals surface area contributed by atoms with E-state index in [1.54, 1.807) is 6.07 Å². The molecular formula is C19H25NaO3S. The maximum atomic E-state index is 11.9. The molecule has 0 saturated carbocycles. The fourth-order valence-electron chi connectivity index (χ4n) is 3.13. The Bertz CT molecular complexity index is 837. The van der Waals surface area contributed by atoms with Gasteiger partial charge in [-0.15, -0.1) is 0 Å². The SMILES string of the molecule is CC(C)c1cc2ccc(C(C)C)c(S(=O)(=O)[O-])c2cc1C(C)C.[Na+]. The monoisotopic (exact) mass is 356 g/mol. The number of fused-ring (bicyclic) bond motifs is 1. The van der Waals surface area contributed by atoms with Crippen LogP contribution < -0.4 is 29.6 Å². The summed E-state index contributed by atoms with van der Waals surface area (Å²) in [5.74, 6) is 0.584. The van der Waals surface area contributed by atoms with E-state index in [4.69, 9.17) is 0 Å². The van der Waals surface area contributed by atoms with Gasteiger partial charge >= 0.3 is 29.6 Å². The zero-order valence-electron chi connectivity index (χ0n) is 15.7. The van der Waals surface area contributed by atoms with E-state index in [9.17, 15) is 13.0 Å². The summed E-state index contributed by atoms with van der Waals surface area (Å²) >= 11 is 0. The van der Waals surface area contributed by atoms with Crippen LogP contribution in [0.5, 0.6) is 0 Å². The molecule has 0 fully saturated rings. The van der Waals surface area contributed by atoms with E-state index in [0.717, 1.165) is 10.9 Å². The normalized spacial score (nSPS) is 12.2. The van der Waals surface area contributed by atoms with Crippen molar-refractivity contribution < 1.29 is 42.5 Å². The van der Waals surface area contributed by atoms with E-state index in [1.807, 2.05) is 32.0 Å². The van der Waals surface area contributed by atoms with Gasteiger partial charge in [0, 0.05) is 0 Å². The Hall–Kier alpha value is -0.390. The van der Waals surface area contributed by atoms with Gasteiger partial charge in [-0.25, -0.2) is 8.42 Å². The Kier molecular flexibility index (Phi) is 7.11. The van der Waals surface area contributed by atoms with Crippen LogP contribution in [0, 0.1) is 0 Å². The molecule has 0 aliphatic carbocycles. The number of benzene rings is 2. The molecule has 0 aliphatic rings. The average molecular weight is 356 g/mol. The first kappa shape index (κ1) is 21.7. The Morgan fingerprint density at radius 1 is 0.792 bits per heavy atom. The molecule has 3 nitrogen and oxygen atoms in total. The van der Waals surface area contributed by atoms with E-state index in [-0.39, 0.29) is 46.3 Å². The molecule has 2 rings (SSSR count). The minimum Gasteiger partial charge on any atom is -0.744 e. The molecule has 0 bridgehead atoms. The first-order chi connectivity index (χ1) is 10.5. The fraction of sp³-hybridized carbons (Fsp3) is 0.474. The Balaban J connectivity index is 0.00000288. The third-order valence-electron chi connectivity index (χ3n) is 4.32. The molecular weight excluding hydrogens is 331 g/mol. The summed E-state index contributed by atoms with van der Waals surface area (Å²) in [5.41, 5.74) is 2.91. The summed E-state index contributed by atoms with van der Waals surface area (Å²) in [4.78, 5) is -0.0535. The first-order valence-corrected chi connectivity index (χ1v) is 9.51. The van der Waals surface area contributed by atoms with E-state index >= 15 is 0 Å². The third kappa shape index (κ3) is 4.23. The molecule has 24 heavy (non-hydrogen) atoms. The van der Waals surface area contributed by atoms with Crippen LogP contribution in [0.1, 0.15) is 76.0 Å². The molecule has 2 aromatic carbocycles. The van der Waals surface area contributed by atoms with Gasteiger partial charge in [0.05, 0.1) is 4.90 Å². The smallest absolute Gasteiger partial charge is 0.744 e. The van der Waals surface area contributed by atoms with Gasteiger partial charge in [0.25, 0.3) is 0 Å². The maximum Gasteiger partial charge on any atom is 1.00 e. The zero-order valence-corrected chi connectivity index (χ0v) is 18.5. The van der Waals surface area contributed by atoms with Crippen molar-refractivity contribution in [2.75, 3.05) is 0 Å². The minimum atomic E-state index is -4.53. The van der Waals surface area contributed by atoms with Crippen molar-refractivity contribution in [2.24, 2.45) is 0 Å². The van der Waals surface area contributed by atoms with Gasteiger partial charge in [0.1, 0.15) is 10.1 Å². The fourth-order valence-corrected chi connectivity index (χ4v) is 4.17. The van der Waals surface area contributed by atoms with Gasteiger partial charge in [0.2, 0.25) is 0 Å². The second kappa shape index (κ2) is 7.88. The van der Waals surface area contributed by atoms with Crippen LogP contribution >= 0.6 is 0 Å². The molecule has 0 saturated heterocycles. The van der Waals surface area contributed by atoms with Crippen LogP contribution in [-0.4, -0.2) is 13.0 Å². The Morgan fingerprint density at radius 2 is 1.25 bits per heavy atom. The van der Waals surface area contributed by atoms with Crippen molar-refractivity contribution in [3.63, 3.8) is 0 Å². The van der Waals surface area contributed by atoms with Gasteiger partial charge in [-0.05, 0) is 51.3 Å². The van der Waals surface area contributed by atoms with E-state index in [0.29, 0.717) is 16.9 Å². The van der Waals surface area contributed by atoms with Gasteiger partial charge < -0.3 is 4.55 Å². The molecule has 0 amide bonds. The summed E-state index contributed by atoms with van der Waals surface area (Å²) in [6.45, 7) is 12.2. The summed E-state index contributed by atoms with van der Waals surface area (Å²) in [6.07, 6.45) is 0. The van der Waals surface area contributed by atoms with Crippen LogP contribution in [0.2, 0.25) is 0 Å². The van der Waals surface area contributed by atoms with Gasteiger partial charge in [-0.2, -0.15) is 0 Å². The molecule has 0 N–H and O–H groups in total. The molecule has 126 valence electrons. The first-order valence-electron chi connectivity index (χ1n) is 8.10. The second-order valence-electron chi connectivity index (χ2n) is 7.10. The third-order valence-corrected chi connectivity index (χ3v) is 5.28. The Morgan fingerprint density at radius 3 is 1.67 bits per heavy atom. The van der Waals surface area contributed by atoms with E-state index in [1.165, 1.54) is 5.56 Å². The molecule has 5 heteroatoms. The maximum absolute atomic E-state index is 11.9. The molecule has 0 unspecified atom stereocenters. The summed E-state index contributed by atoms with van der Waals surface area (Å²) in [7, 11) is -4.53. The molecule has 0 radical (unpaired) electrons. The van der Waals surface area contributed by atoms with Crippen molar-refractivity contribution in [3.8, 4) is 0 Å². The van der Waals surface area contributed by atoms with Gasteiger partial charge in [0.15, 0.2) is 0 Å². The molecule has 0 aliphatic heterocycles. The van der Waals surface area contributed by atoms with E-state index in [2.05, 4.69) is 27.7 Å². The predicted molar refractivity (Wildman–Crippen MR) is 94.2 cm³/mol. The van der Waals surface area contributed by atoms with Crippen LogP contribution in [0.25, 0.3) is 10.8 Å². The van der Waals surface area contributed by atoms with Crippen LogP contribution in [0.4, 0.5) is 0 Å². The largest absolute Gasteiger partial charge is 1.00 e. The predicted octanol–water partition coefficient (Wildman–Crippen LogP) is 2.12. The van der Waals surface area contributed by atoms with E-state index < -0.39 is 10.1 Å². The second-order valence-corrected chi connectivity index (χ2v) is 8.42. The van der Waals surface area contributed by atoms with Crippen LogP contribution in [0.3, 0.4) is 0 Å². The van der Waals surface area contributed by atoms with Crippen molar-refractivity contribution in [1.82, 2.24) is 0 Å². The standard InChI is InChI=1S/C19H26O3S.Na/c1-11(2)15-8-7-14-9-16(12(3)4)17(13(5)6)10-18(14)19(15)23(20,21)22;/h7-13H,1-6H3,(H,20,21,22);/q;+1/p-1. The topological polar surface area (TPSA) is 57.2 Å². The molecule has 0 aromatic heterocycles. The Labute approximate surface area is 167 Å². The van der Waals surface area contributed by atoms with Crippen molar-refractivity contribution in [3.05, 3.63) is 41.0 Å². The van der Waals surface area contributed by atoms with Gasteiger partial charge in [-0.3, -0.25) is 0 Å². The number of hydrogen-bond acceptors (Lipinski definition) is 3. The summed E-state index contributed by atoms with van der Waals surface area (Å²) in [5, 5.41) is 1.37. The molecule has 0 spiro atoms. The molecule has 2 aromatic rings. The number of hydrogen-bond donors (Lipinski definition) is 0. The zero-order chi connectivity index (χ0) is 17.5. The summed E-state index contributed by atoms with van der Waals surface area (Å²) in [6, 6.07) is 7.65. The van der Waals surface area contributed by atoms with Crippen molar-refractivity contribution in [2.45, 2.75) is 64.2 Å². The average Bonchev–Trinajstić information content (AvgIpc) is 2.42. The summed E-state index contributed by atoms with van der Waals surface area (Å²) < 4.78 is 35.7. The molecule has 0 heterocycles. The van der Waals surface area contributed by atoms with Gasteiger partial charge in [-0.1, -0.05) is 59.7 Å². The van der Waals surface area contributed by atoms with Crippen molar-refractivity contribution in [1.29, 1.82) is 0 Å². The quantitative estimate of drug-likeness (QED) is 0.623. The molecule has 0 atom stereocenters. The van der Waals surface area contributed by atoms with Crippen LogP contribution in [-0.2, 0) is 10.1 Å². The minimum absolute atomic E-state index is 0.